The van der Waals surface area contributed by atoms with E-state index in [4.69, 9.17) is 14.7 Å². The minimum absolute atomic E-state index is 0.0955. The summed E-state index contributed by atoms with van der Waals surface area (Å²) in [7, 11) is 1.80. The molecule has 0 bridgehead atoms. The molecule has 1 aliphatic carbocycles. The fourth-order valence-corrected chi connectivity index (χ4v) is 5.87. The van der Waals surface area contributed by atoms with Crippen LogP contribution in [-0.4, -0.2) is 54.3 Å². The summed E-state index contributed by atoms with van der Waals surface area (Å²) >= 11 is 1.65. The van der Waals surface area contributed by atoms with Gasteiger partial charge in [0.2, 0.25) is 11.9 Å². The number of nitrogens with zero attached hydrogens (tertiary/aromatic N) is 3. The maximum absolute atomic E-state index is 11.6. The Kier molecular flexibility index (Phi) is 7.67. The van der Waals surface area contributed by atoms with Gasteiger partial charge >= 0.3 is 0 Å². The molecule has 2 aliphatic rings. The molecule has 3 aromatic rings. The highest BCUT2D eigenvalue weighted by Crippen LogP contribution is 2.31. The van der Waals surface area contributed by atoms with Crippen molar-refractivity contribution in [2.75, 3.05) is 35.7 Å². The monoisotopic (exact) mass is 506 g/mol. The van der Waals surface area contributed by atoms with Gasteiger partial charge in [-0.25, -0.2) is 4.98 Å². The maximum Gasteiger partial charge on any atom is 0.243 e. The fraction of sp³-hybridized carbons (Fsp3) is 0.444. The number of benzene rings is 1. The minimum atomic E-state index is -0.0955. The highest BCUT2D eigenvalue weighted by molar-refractivity contribution is 7.17. The van der Waals surface area contributed by atoms with E-state index in [0.717, 1.165) is 73.3 Å². The highest BCUT2D eigenvalue weighted by atomic mass is 32.1. The number of thiophene rings is 1. The Morgan fingerprint density at radius 3 is 2.47 bits per heavy atom. The van der Waals surface area contributed by atoms with Gasteiger partial charge in [-0.15, -0.1) is 11.3 Å². The van der Waals surface area contributed by atoms with Crippen molar-refractivity contribution in [2.45, 2.75) is 56.7 Å². The lowest BCUT2D eigenvalue weighted by molar-refractivity contribution is -0.117. The van der Waals surface area contributed by atoms with E-state index in [-0.39, 0.29) is 11.9 Å². The second-order valence-electron chi connectivity index (χ2n) is 9.53. The first-order valence-corrected chi connectivity index (χ1v) is 13.6. The van der Waals surface area contributed by atoms with Crippen LogP contribution in [0.15, 0.2) is 48.4 Å². The van der Waals surface area contributed by atoms with E-state index in [2.05, 4.69) is 57.1 Å². The summed E-state index contributed by atoms with van der Waals surface area (Å²) in [5.74, 6) is 1.36. The molecule has 1 aliphatic heterocycles. The summed E-state index contributed by atoms with van der Waals surface area (Å²) in [5.41, 5.74) is 3.13. The number of hydrogen-bond donors (Lipinski definition) is 3. The molecule has 1 saturated carbocycles. The zero-order valence-electron chi connectivity index (χ0n) is 20.7. The van der Waals surface area contributed by atoms with Gasteiger partial charge < -0.3 is 25.6 Å². The zero-order valence-corrected chi connectivity index (χ0v) is 21.5. The van der Waals surface area contributed by atoms with Crippen LogP contribution in [0.25, 0.3) is 10.2 Å². The predicted octanol–water partition coefficient (Wildman–Crippen LogP) is 5.08. The van der Waals surface area contributed by atoms with E-state index < -0.39 is 0 Å². The van der Waals surface area contributed by atoms with Crippen LogP contribution in [0.5, 0.6) is 0 Å². The standard InChI is InChI=1S/C27H34N6O2S/c1-3-24(34)28-18-4-6-19(7-5-18)29-26-25-23(14-17-36-25)31-27(32-26)30-20-8-10-21(11-9-20)33-15-12-22(35-2)13-16-33/h3,8-11,14,17-19,22H,1,4-7,12-13,15-16H2,2H3,(H,28,34)(H2,29,30,31,32). The largest absolute Gasteiger partial charge is 0.381 e. The maximum atomic E-state index is 11.6. The summed E-state index contributed by atoms with van der Waals surface area (Å²) in [4.78, 5) is 23.6. The molecule has 0 spiro atoms. The van der Waals surface area contributed by atoms with Gasteiger partial charge in [0.15, 0.2) is 0 Å². The number of fused-ring (bicyclic) bond motifs is 1. The smallest absolute Gasteiger partial charge is 0.243 e. The first-order valence-electron chi connectivity index (χ1n) is 12.7. The zero-order chi connectivity index (χ0) is 24.9. The van der Waals surface area contributed by atoms with Crippen molar-refractivity contribution in [1.29, 1.82) is 0 Å². The van der Waals surface area contributed by atoms with Crippen LogP contribution < -0.4 is 20.9 Å². The Hall–Kier alpha value is -3.17. The molecule has 1 saturated heterocycles. The van der Waals surface area contributed by atoms with Crippen LogP contribution in [0, 0.1) is 0 Å². The van der Waals surface area contributed by atoms with Gasteiger partial charge in [-0.2, -0.15) is 4.98 Å². The Bertz CT molecular complexity index is 1180. The molecule has 5 rings (SSSR count). The molecule has 2 aromatic heterocycles. The van der Waals surface area contributed by atoms with E-state index in [1.54, 1.807) is 18.4 Å². The number of ether oxygens (including phenoxy) is 1. The third-order valence-corrected chi connectivity index (χ3v) is 8.08. The van der Waals surface area contributed by atoms with Gasteiger partial charge in [0, 0.05) is 43.7 Å². The molecule has 1 aromatic carbocycles. The predicted molar refractivity (Wildman–Crippen MR) is 147 cm³/mol. The van der Waals surface area contributed by atoms with Crippen molar-refractivity contribution in [1.82, 2.24) is 15.3 Å². The number of carbonyl (C=O) groups is 1. The van der Waals surface area contributed by atoms with Gasteiger partial charge in [-0.3, -0.25) is 4.79 Å². The fourth-order valence-electron chi connectivity index (χ4n) is 5.09. The third-order valence-electron chi connectivity index (χ3n) is 7.17. The number of hydrogen-bond acceptors (Lipinski definition) is 8. The molecule has 8 nitrogen and oxygen atoms in total. The molecule has 0 unspecified atom stereocenters. The Morgan fingerprint density at radius 1 is 1.06 bits per heavy atom. The number of anilines is 4. The summed E-state index contributed by atoms with van der Waals surface area (Å²) in [6.07, 6.45) is 7.67. The number of carbonyl (C=O) groups excluding carboxylic acids is 1. The molecule has 36 heavy (non-hydrogen) atoms. The van der Waals surface area contributed by atoms with E-state index in [0.29, 0.717) is 18.1 Å². The van der Waals surface area contributed by atoms with Crippen LogP contribution in [0.1, 0.15) is 38.5 Å². The lowest BCUT2D eigenvalue weighted by Crippen LogP contribution is -2.39. The van der Waals surface area contributed by atoms with Gasteiger partial charge in [0.25, 0.3) is 0 Å². The quantitative estimate of drug-likeness (QED) is 0.367. The number of rotatable bonds is 8. The first kappa shape index (κ1) is 24.5. The van der Waals surface area contributed by atoms with Crippen molar-refractivity contribution in [3.8, 4) is 0 Å². The van der Waals surface area contributed by atoms with E-state index in [1.165, 1.54) is 11.8 Å². The molecule has 0 radical (unpaired) electrons. The van der Waals surface area contributed by atoms with Crippen molar-refractivity contribution in [2.24, 2.45) is 0 Å². The van der Waals surface area contributed by atoms with Crippen LogP contribution in [0.3, 0.4) is 0 Å². The second kappa shape index (κ2) is 11.3. The second-order valence-corrected chi connectivity index (χ2v) is 10.4. The average Bonchev–Trinajstić information content (AvgIpc) is 3.39. The molecule has 9 heteroatoms. The molecule has 3 heterocycles. The Balaban J connectivity index is 1.23. The van der Waals surface area contributed by atoms with Crippen molar-refractivity contribution in [3.05, 3.63) is 48.4 Å². The molecule has 3 N–H and O–H groups in total. The summed E-state index contributed by atoms with van der Waals surface area (Å²) in [6, 6.07) is 11.0. The van der Waals surface area contributed by atoms with Gasteiger partial charge in [0.1, 0.15) is 5.82 Å². The minimum Gasteiger partial charge on any atom is -0.381 e. The number of aromatic nitrogens is 2. The van der Waals surface area contributed by atoms with Crippen molar-refractivity contribution >= 4 is 50.6 Å². The van der Waals surface area contributed by atoms with Gasteiger partial charge in [-0.05, 0) is 80.3 Å². The topological polar surface area (TPSA) is 91.4 Å². The highest BCUT2D eigenvalue weighted by Gasteiger charge is 2.23. The summed E-state index contributed by atoms with van der Waals surface area (Å²) in [6.45, 7) is 5.57. The molecular formula is C27H34N6O2S. The lowest BCUT2D eigenvalue weighted by Gasteiger charge is -2.33. The number of methoxy groups -OCH3 is 1. The Labute approximate surface area is 216 Å². The SMILES string of the molecule is C=CC(=O)NC1CCC(Nc2nc(Nc3ccc(N4CCC(OC)CC4)cc3)nc3ccsc23)CC1. The van der Waals surface area contributed by atoms with Crippen LogP contribution >= 0.6 is 11.3 Å². The van der Waals surface area contributed by atoms with Crippen molar-refractivity contribution in [3.63, 3.8) is 0 Å². The van der Waals surface area contributed by atoms with E-state index >= 15 is 0 Å². The normalized spacial score (nSPS) is 20.8. The van der Waals surface area contributed by atoms with Crippen LogP contribution in [0.2, 0.25) is 0 Å². The van der Waals surface area contributed by atoms with E-state index in [9.17, 15) is 4.79 Å². The van der Waals surface area contributed by atoms with Gasteiger partial charge in [-0.1, -0.05) is 6.58 Å². The number of amides is 1. The van der Waals surface area contributed by atoms with Gasteiger partial charge in [0.05, 0.1) is 16.3 Å². The lowest BCUT2D eigenvalue weighted by atomic mass is 9.91. The third kappa shape index (κ3) is 5.79. The molecule has 190 valence electrons. The molecular weight excluding hydrogens is 472 g/mol. The van der Waals surface area contributed by atoms with E-state index in [1.807, 2.05) is 6.07 Å². The number of piperidine rings is 1. The summed E-state index contributed by atoms with van der Waals surface area (Å²) in [5, 5.41) is 12.1. The number of nitrogens with one attached hydrogen (secondary N) is 3. The van der Waals surface area contributed by atoms with Crippen LogP contribution in [-0.2, 0) is 9.53 Å². The van der Waals surface area contributed by atoms with Crippen LogP contribution in [0.4, 0.5) is 23.1 Å². The summed E-state index contributed by atoms with van der Waals surface area (Å²) < 4.78 is 6.56. The molecule has 2 fully saturated rings. The average molecular weight is 507 g/mol. The molecule has 0 atom stereocenters. The van der Waals surface area contributed by atoms with Crippen molar-refractivity contribution < 1.29 is 9.53 Å². The first-order chi connectivity index (χ1) is 17.6. The molecule has 1 amide bonds. The Morgan fingerprint density at radius 2 is 1.78 bits per heavy atom.